The van der Waals surface area contributed by atoms with E-state index in [0.29, 0.717) is 0 Å². The van der Waals surface area contributed by atoms with Crippen LogP contribution < -0.4 is 9.80 Å². The number of anilines is 2. The van der Waals surface area contributed by atoms with E-state index in [9.17, 15) is 0 Å². The molecule has 4 heteroatoms. The monoisotopic (exact) mass is 682 g/mol. The van der Waals surface area contributed by atoms with Gasteiger partial charge in [-0.1, -0.05) is 179 Å². The van der Waals surface area contributed by atoms with Gasteiger partial charge < -0.3 is 9.80 Å². The van der Waals surface area contributed by atoms with Crippen molar-refractivity contribution in [3.8, 4) is 0 Å². The van der Waals surface area contributed by atoms with E-state index < -0.39 is 0 Å². The van der Waals surface area contributed by atoms with Crippen LogP contribution in [0.5, 0.6) is 0 Å². The second-order valence-electron chi connectivity index (χ2n) is 13.0. The van der Waals surface area contributed by atoms with Gasteiger partial charge in [-0.3, -0.25) is 0 Å². The predicted molar refractivity (Wildman–Crippen MR) is 218 cm³/mol. The third-order valence-corrected chi connectivity index (χ3v) is 11.7. The van der Waals surface area contributed by atoms with Gasteiger partial charge in [0.05, 0.1) is 11.4 Å². The molecule has 2 heterocycles. The van der Waals surface area contributed by atoms with Gasteiger partial charge in [0.15, 0.2) is 0 Å². The van der Waals surface area contributed by atoms with Crippen molar-refractivity contribution in [2.24, 2.45) is 0 Å². The standard InChI is InChI=1S/C46H38N2S2/c1-31-15-23-35(24-16-31)41-43(37-27-19-33(3)20-28-37)49-45(47(41)39-11-7-5-8-12-39)46-48(40-13-9-6-10-14-40)42(36-25-17-32(2)18-26-36)44(50-46)38-29-21-34(4)22-30-38/h5-30H,1-4H3/b46-45+. The van der Waals surface area contributed by atoms with Gasteiger partial charge in [-0.15, -0.1) is 0 Å². The number of benzene rings is 6. The van der Waals surface area contributed by atoms with E-state index in [2.05, 4.69) is 195 Å². The summed E-state index contributed by atoms with van der Waals surface area (Å²) in [5.41, 5.74) is 14.5. The molecule has 6 aromatic carbocycles. The Kier molecular flexibility index (Phi) is 8.74. The number of hydrogen-bond donors (Lipinski definition) is 0. The zero-order valence-corrected chi connectivity index (χ0v) is 30.4. The summed E-state index contributed by atoms with van der Waals surface area (Å²) in [6.45, 7) is 8.62. The summed E-state index contributed by atoms with van der Waals surface area (Å²) < 4.78 is 0. The second-order valence-corrected chi connectivity index (χ2v) is 15.0. The highest BCUT2D eigenvalue weighted by atomic mass is 32.2. The maximum Gasteiger partial charge on any atom is 0.116 e. The first-order chi connectivity index (χ1) is 24.4. The lowest BCUT2D eigenvalue weighted by atomic mass is 10.0. The Morgan fingerprint density at radius 1 is 0.320 bits per heavy atom. The first-order valence-corrected chi connectivity index (χ1v) is 18.6. The zero-order chi connectivity index (χ0) is 34.2. The van der Waals surface area contributed by atoms with E-state index >= 15 is 0 Å². The summed E-state index contributed by atoms with van der Waals surface area (Å²) in [6, 6.07) is 57.6. The van der Waals surface area contributed by atoms with Crippen molar-refractivity contribution < 1.29 is 0 Å². The second kappa shape index (κ2) is 13.6. The van der Waals surface area contributed by atoms with Gasteiger partial charge in [-0.2, -0.15) is 0 Å². The van der Waals surface area contributed by atoms with E-state index in [0.717, 1.165) is 11.4 Å². The summed E-state index contributed by atoms with van der Waals surface area (Å²) in [6.07, 6.45) is 0. The van der Waals surface area contributed by atoms with Crippen molar-refractivity contribution in [1.29, 1.82) is 0 Å². The fraction of sp³-hybridized carbons (Fsp3) is 0.0870. The Bertz CT molecular complexity index is 2080. The highest BCUT2D eigenvalue weighted by Crippen LogP contribution is 2.60. The first kappa shape index (κ1) is 32.1. The summed E-state index contributed by atoms with van der Waals surface area (Å²) in [5.74, 6) is 0. The SMILES string of the molecule is Cc1ccc(C2=C(c3ccc(C)cc3)N(c3ccccc3)/C(=C3\SC(c4ccc(C)cc4)=C(c4ccc(C)cc4)N3c3ccccc3)S2)cc1. The lowest BCUT2D eigenvalue weighted by Gasteiger charge is -2.30. The smallest absolute Gasteiger partial charge is 0.116 e. The third-order valence-electron chi connectivity index (χ3n) is 9.17. The van der Waals surface area contributed by atoms with Gasteiger partial charge in [0.25, 0.3) is 0 Å². The molecule has 0 N–H and O–H groups in total. The fourth-order valence-corrected chi connectivity index (χ4v) is 9.15. The number of rotatable bonds is 6. The molecular weight excluding hydrogens is 645 g/mol. The van der Waals surface area contributed by atoms with Crippen molar-refractivity contribution in [3.63, 3.8) is 0 Å². The number of para-hydroxylation sites is 2. The molecule has 0 spiro atoms. The van der Waals surface area contributed by atoms with E-state index in [1.54, 1.807) is 0 Å². The molecule has 0 atom stereocenters. The van der Waals surface area contributed by atoms with Gasteiger partial charge in [0, 0.05) is 21.2 Å². The normalized spacial score (nSPS) is 16.2. The Labute approximate surface area is 304 Å². The summed E-state index contributed by atoms with van der Waals surface area (Å²) in [7, 11) is 0. The number of hydrogen-bond acceptors (Lipinski definition) is 4. The predicted octanol–water partition coefficient (Wildman–Crippen LogP) is 12.9. The molecule has 0 saturated heterocycles. The van der Waals surface area contributed by atoms with Crippen LogP contribution >= 0.6 is 23.5 Å². The van der Waals surface area contributed by atoms with Gasteiger partial charge in [0.2, 0.25) is 0 Å². The summed E-state index contributed by atoms with van der Waals surface area (Å²) in [4.78, 5) is 7.48. The van der Waals surface area contributed by atoms with Crippen LogP contribution in [0.3, 0.4) is 0 Å². The van der Waals surface area contributed by atoms with Crippen molar-refractivity contribution in [2.45, 2.75) is 27.7 Å². The van der Waals surface area contributed by atoms with Gasteiger partial charge in [-0.05, 0) is 74.2 Å². The minimum absolute atomic E-state index is 1.13. The number of aryl methyl sites for hydroxylation is 4. The largest absolute Gasteiger partial charge is 0.301 e. The van der Waals surface area contributed by atoms with Crippen LogP contribution in [0.15, 0.2) is 168 Å². The Morgan fingerprint density at radius 3 is 0.900 bits per heavy atom. The molecule has 0 saturated carbocycles. The van der Waals surface area contributed by atoms with Crippen molar-refractivity contribution in [2.75, 3.05) is 9.80 Å². The molecule has 2 aliphatic heterocycles. The van der Waals surface area contributed by atoms with Crippen LogP contribution in [0.25, 0.3) is 21.2 Å². The van der Waals surface area contributed by atoms with Gasteiger partial charge >= 0.3 is 0 Å². The lowest BCUT2D eigenvalue weighted by molar-refractivity contribution is 1.21. The molecule has 2 aliphatic rings. The quantitative estimate of drug-likeness (QED) is 0.172. The average Bonchev–Trinajstić information content (AvgIpc) is 3.74. The third kappa shape index (κ3) is 6.10. The van der Waals surface area contributed by atoms with Crippen molar-refractivity contribution >= 4 is 56.1 Å². The van der Waals surface area contributed by atoms with Crippen molar-refractivity contribution in [3.05, 3.63) is 212 Å². The lowest BCUT2D eigenvalue weighted by Crippen LogP contribution is -2.23. The zero-order valence-electron chi connectivity index (χ0n) is 28.7. The first-order valence-electron chi connectivity index (χ1n) is 17.0. The van der Waals surface area contributed by atoms with Crippen LogP contribution in [0.1, 0.15) is 44.5 Å². The molecule has 0 fully saturated rings. The fourth-order valence-electron chi connectivity index (χ4n) is 6.46. The summed E-state index contributed by atoms with van der Waals surface area (Å²) >= 11 is 3.74. The molecule has 0 amide bonds. The Hall–Kier alpha value is -5.16. The van der Waals surface area contributed by atoms with Crippen LogP contribution in [0.2, 0.25) is 0 Å². The summed E-state index contributed by atoms with van der Waals surface area (Å²) in [5, 5.41) is 2.37. The average molecular weight is 683 g/mol. The topological polar surface area (TPSA) is 6.48 Å². The molecule has 0 radical (unpaired) electrons. The molecule has 8 rings (SSSR count). The molecule has 2 nitrogen and oxygen atoms in total. The maximum atomic E-state index is 2.49. The highest BCUT2D eigenvalue weighted by Gasteiger charge is 2.40. The van der Waals surface area contributed by atoms with E-state index in [1.165, 1.54) is 75.8 Å². The van der Waals surface area contributed by atoms with Crippen LogP contribution in [-0.2, 0) is 0 Å². The van der Waals surface area contributed by atoms with E-state index in [-0.39, 0.29) is 0 Å². The highest BCUT2D eigenvalue weighted by molar-refractivity contribution is 8.16. The minimum atomic E-state index is 1.13. The molecule has 0 aliphatic carbocycles. The van der Waals surface area contributed by atoms with Gasteiger partial charge in [-0.25, -0.2) is 0 Å². The minimum Gasteiger partial charge on any atom is -0.301 e. The molecule has 0 aromatic heterocycles. The van der Waals surface area contributed by atoms with Gasteiger partial charge in [0.1, 0.15) is 10.1 Å². The molecule has 50 heavy (non-hydrogen) atoms. The van der Waals surface area contributed by atoms with Crippen LogP contribution in [0.4, 0.5) is 11.4 Å². The Balaban J connectivity index is 1.43. The number of thioether (sulfide) groups is 2. The van der Waals surface area contributed by atoms with Crippen molar-refractivity contribution in [1.82, 2.24) is 0 Å². The number of nitrogens with zero attached hydrogens (tertiary/aromatic N) is 2. The van der Waals surface area contributed by atoms with Crippen LogP contribution in [0, 0.1) is 27.7 Å². The van der Waals surface area contributed by atoms with E-state index in [4.69, 9.17) is 0 Å². The molecule has 0 bridgehead atoms. The van der Waals surface area contributed by atoms with Crippen LogP contribution in [-0.4, -0.2) is 0 Å². The maximum absolute atomic E-state index is 2.49. The Morgan fingerprint density at radius 2 is 0.600 bits per heavy atom. The molecule has 6 aromatic rings. The molecule has 0 unspecified atom stereocenters. The molecule has 244 valence electrons. The molecular formula is C46H38N2S2. The van der Waals surface area contributed by atoms with E-state index in [1.807, 2.05) is 23.5 Å².